The van der Waals surface area contributed by atoms with E-state index in [2.05, 4.69) is 6.07 Å². The Morgan fingerprint density at radius 1 is 1.06 bits per heavy atom. The predicted molar refractivity (Wildman–Crippen MR) is 58.5 cm³/mol. The van der Waals surface area contributed by atoms with Crippen LogP contribution < -0.4 is 0 Å². The average molecular weight is 221 g/mol. The smallest absolute Gasteiger partial charge is 0.170 e. The second kappa shape index (κ2) is 3.72. The molecule has 3 heteroatoms. The fourth-order valence-electron chi connectivity index (χ4n) is 3.86. The first-order chi connectivity index (χ1) is 7.79. The largest absolute Gasteiger partial charge is 0.347 e. The summed E-state index contributed by atoms with van der Waals surface area (Å²) in [5.41, 5.74) is -0.152. The second-order valence-electron chi connectivity index (χ2n) is 5.53. The van der Waals surface area contributed by atoms with Gasteiger partial charge in [-0.25, -0.2) is 0 Å². The van der Waals surface area contributed by atoms with E-state index in [-0.39, 0.29) is 5.41 Å². The van der Waals surface area contributed by atoms with Gasteiger partial charge in [-0.15, -0.1) is 0 Å². The highest BCUT2D eigenvalue weighted by atomic mass is 16.7. The summed E-state index contributed by atoms with van der Waals surface area (Å²) in [6.07, 6.45) is 7.66. The molecule has 1 heterocycles. The van der Waals surface area contributed by atoms with Gasteiger partial charge in [0, 0.05) is 12.8 Å². The number of nitrogens with zero attached hydrogens (tertiary/aromatic N) is 1. The van der Waals surface area contributed by atoms with Crippen molar-refractivity contribution in [3.8, 4) is 6.07 Å². The minimum Gasteiger partial charge on any atom is -0.347 e. The zero-order valence-electron chi connectivity index (χ0n) is 9.71. The van der Waals surface area contributed by atoms with E-state index in [0.29, 0.717) is 19.1 Å². The monoisotopic (exact) mass is 221 g/mol. The first-order valence-electron chi connectivity index (χ1n) is 6.48. The normalized spacial score (nSPS) is 41.6. The van der Waals surface area contributed by atoms with Crippen LogP contribution in [0, 0.1) is 22.7 Å². The summed E-state index contributed by atoms with van der Waals surface area (Å²) in [6.45, 7) is 1.40. The van der Waals surface area contributed by atoms with Crippen molar-refractivity contribution >= 4 is 0 Å². The van der Waals surface area contributed by atoms with Crippen LogP contribution in [0.3, 0.4) is 0 Å². The van der Waals surface area contributed by atoms with Crippen LogP contribution in [0.5, 0.6) is 0 Å². The average Bonchev–Trinajstić information content (AvgIpc) is 2.77. The van der Waals surface area contributed by atoms with E-state index < -0.39 is 5.79 Å². The van der Waals surface area contributed by atoms with Crippen LogP contribution in [0.1, 0.15) is 44.9 Å². The van der Waals surface area contributed by atoms with Gasteiger partial charge in [0.1, 0.15) is 0 Å². The van der Waals surface area contributed by atoms with Crippen molar-refractivity contribution in [3.63, 3.8) is 0 Å². The maximum atomic E-state index is 9.56. The maximum Gasteiger partial charge on any atom is 0.170 e. The summed E-state index contributed by atoms with van der Waals surface area (Å²) in [4.78, 5) is 0. The lowest BCUT2D eigenvalue weighted by molar-refractivity contribution is -0.209. The van der Waals surface area contributed by atoms with E-state index in [1.165, 1.54) is 19.3 Å². The summed E-state index contributed by atoms with van der Waals surface area (Å²) in [7, 11) is 0. The zero-order chi connectivity index (χ0) is 11.1. The van der Waals surface area contributed by atoms with E-state index in [4.69, 9.17) is 9.47 Å². The van der Waals surface area contributed by atoms with Crippen molar-refractivity contribution in [3.05, 3.63) is 0 Å². The Hall–Kier alpha value is -0.590. The van der Waals surface area contributed by atoms with Gasteiger partial charge in [0.05, 0.1) is 24.7 Å². The van der Waals surface area contributed by atoms with Crippen molar-refractivity contribution in [1.29, 1.82) is 5.26 Å². The zero-order valence-corrected chi connectivity index (χ0v) is 9.71. The molecule has 0 aromatic rings. The molecule has 2 aliphatic carbocycles. The molecule has 0 N–H and O–H groups in total. The lowest BCUT2D eigenvalue weighted by atomic mass is 9.59. The first-order valence-corrected chi connectivity index (χ1v) is 6.48. The quantitative estimate of drug-likeness (QED) is 0.631. The molecular weight excluding hydrogens is 202 g/mol. The van der Waals surface area contributed by atoms with Gasteiger partial charge in [0.15, 0.2) is 5.79 Å². The topological polar surface area (TPSA) is 42.2 Å². The summed E-state index contributed by atoms with van der Waals surface area (Å²) >= 11 is 0. The summed E-state index contributed by atoms with van der Waals surface area (Å²) < 4.78 is 11.6. The Morgan fingerprint density at radius 3 is 2.62 bits per heavy atom. The summed E-state index contributed by atoms with van der Waals surface area (Å²) in [5.74, 6) is 0.188. The third kappa shape index (κ3) is 1.48. The minimum atomic E-state index is -0.399. The van der Waals surface area contributed by atoms with Crippen LogP contribution in [-0.4, -0.2) is 19.0 Å². The number of fused-ring (bicyclic) bond motifs is 1. The third-order valence-corrected chi connectivity index (χ3v) is 4.70. The molecule has 0 bridgehead atoms. The van der Waals surface area contributed by atoms with Gasteiger partial charge in [-0.1, -0.05) is 12.8 Å². The van der Waals surface area contributed by atoms with Crippen molar-refractivity contribution in [2.24, 2.45) is 11.3 Å². The van der Waals surface area contributed by atoms with Gasteiger partial charge in [-0.05, 0) is 25.2 Å². The summed E-state index contributed by atoms with van der Waals surface area (Å²) in [5, 5.41) is 9.56. The molecule has 2 saturated carbocycles. The maximum absolute atomic E-state index is 9.56. The standard InChI is InChI=1S/C13H19NO2/c14-10-12-5-2-1-3-11(12)4-6-13(9-12)15-7-8-16-13/h11H,1-9H2/t11-,12?/m1/s1. The van der Waals surface area contributed by atoms with Gasteiger partial charge < -0.3 is 9.47 Å². The number of rotatable bonds is 0. The molecule has 3 rings (SSSR count). The highest BCUT2D eigenvalue weighted by molar-refractivity contribution is 5.10. The third-order valence-electron chi connectivity index (χ3n) is 4.70. The number of hydrogen-bond acceptors (Lipinski definition) is 3. The molecule has 0 amide bonds. The van der Waals surface area contributed by atoms with E-state index in [0.717, 1.165) is 25.7 Å². The van der Waals surface area contributed by atoms with E-state index in [1.54, 1.807) is 0 Å². The second-order valence-corrected chi connectivity index (χ2v) is 5.53. The molecule has 0 radical (unpaired) electrons. The number of ether oxygens (including phenoxy) is 2. The van der Waals surface area contributed by atoms with Crippen LogP contribution in [0.4, 0.5) is 0 Å². The minimum absolute atomic E-state index is 0.152. The molecule has 1 spiro atoms. The van der Waals surface area contributed by atoms with Crippen LogP contribution in [0.15, 0.2) is 0 Å². The molecule has 16 heavy (non-hydrogen) atoms. The fourth-order valence-corrected chi connectivity index (χ4v) is 3.86. The van der Waals surface area contributed by atoms with Crippen LogP contribution in [0.2, 0.25) is 0 Å². The van der Waals surface area contributed by atoms with Crippen LogP contribution in [-0.2, 0) is 9.47 Å². The first kappa shape index (κ1) is 10.6. The Balaban J connectivity index is 1.85. The Kier molecular flexibility index (Phi) is 2.45. The van der Waals surface area contributed by atoms with Crippen LogP contribution in [0.25, 0.3) is 0 Å². The molecule has 1 saturated heterocycles. The summed E-state index contributed by atoms with van der Waals surface area (Å²) in [6, 6.07) is 2.61. The predicted octanol–water partition coefficient (Wildman–Crippen LogP) is 2.61. The van der Waals surface area contributed by atoms with Gasteiger partial charge >= 0.3 is 0 Å². The van der Waals surface area contributed by atoms with Gasteiger partial charge in [0.2, 0.25) is 0 Å². The van der Waals surface area contributed by atoms with Crippen molar-refractivity contribution in [2.45, 2.75) is 50.7 Å². The molecule has 2 atom stereocenters. The van der Waals surface area contributed by atoms with Crippen molar-refractivity contribution < 1.29 is 9.47 Å². The molecule has 0 aromatic heterocycles. The lowest BCUT2D eigenvalue weighted by Crippen LogP contribution is -2.47. The molecule has 1 unspecified atom stereocenters. The van der Waals surface area contributed by atoms with Crippen molar-refractivity contribution in [1.82, 2.24) is 0 Å². The molecule has 1 aliphatic heterocycles. The molecular formula is C13H19NO2. The SMILES string of the molecule is N#CC12CCCC[C@@H]1CCC1(C2)OCCO1. The molecule has 3 aliphatic rings. The van der Waals surface area contributed by atoms with Gasteiger partial charge in [-0.2, -0.15) is 5.26 Å². The van der Waals surface area contributed by atoms with Crippen LogP contribution >= 0.6 is 0 Å². The molecule has 3 nitrogen and oxygen atoms in total. The number of nitriles is 1. The molecule has 3 fully saturated rings. The Morgan fingerprint density at radius 2 is 1.88 bits per heavy atom. The highest BCUT2D eigenvalue weighted by Gasteiger charge is 2.54. The van der Waals surface area contributed by atoms with E-state index in [1.807, 2.05) is 0 Å². The van der Waals surface area contributed by atoms with Gasteiger partial charge in [-0.3, -0.25) is 0 Å². The van der Waals surface area contributed by atoms with E-state index in [9.17, 15) is 5.26 Å². The number of hydrogen-bond donors (Lipinski definition) is 0. The molecule has 0 aromatic carbocycles. The Labute approximate surface area is 96.7 Å². The van der Waals surface area contributed by atoms with E-state index >= 15 is 0 Å². The van der Waals surface area contributed by atoms with Crippen molar-refractivity contribution in [2.75, 3.05) is 13.2 Å². The highest BCUT2D eigenvalue weighted by Crippen LogP contribution is 2.54. The molecule has 88 valence electrons. The lowest BCUT2D eigenvalue weighted by Gasteiger charge is -2.48. The Bertz CT molecular complexity index is 316. The fraction of sp³-hybridized carbons (Fsp3) is 0.923. The van der Waals surface area contributed by atoms with Gasteiger partial charge in [0.25, 0.3) is 0 Å².